The van der Waals surface area contributed by atoms with Crippen molar-refractivity contribution in [1.82, 2.24) is 4.98 Å². The molecule has 3 N–H and O–H groups in total. The summed E-state index contributed by atoms with van der Waals surface area (Å²) in [6.45, 7) is -1.32. The first kappa shape index (κ1) is 13.9. The smallest absolute Gasteiger partial charge is 0.422 e. The second kappa shape index (κ2) is 5.07. The number of hydrogen-bond acceptors (Lipinski definition) is 4. The SMILES string of the molecule is NNc1cc(C2CC2)nc2ccc(OCC(F)(F)F)cc12. The number of halogens is 3. The second-order valence-electron chi connectivity index (χ2n) is 5.10. The number of alkyl halides is 3. The number of benzene rings is 1. The maximum atomic E-state index is 12.2. The molecule has 1 aliphatic carbocycles. The van der Waals surface area contributed by atoms with Gasteiger partial charge < -0.3 is 10.2 Å². The third-order valence-electron chi connectivity index (χ3n) is 3.35. The topological polar surface area (TPSA) is 60.2 Å². The average molecular weight is 297 g/mol. The number of nitrogens with one attached hydrogen (secondary N) is 1. The van der Waals surface area contributed by atoms with Gasteiger partial charge >= 0.3 is 6.18 Å². The third kappa shape index (κ3) is 3.18. The molecule has 7 heteroatoms. The predicted molar refractivity (Wildman–Crippen MR) is 73.1 cm³/mol. The van der Waals surface area contributed by atoms with E-state index in [-0.39, 0.29) is 5.75 Å². The van der Waals surface area contributed by atoms with E-state index in [2.05, 4.69) is 10.4 Å². The molecule has 0 aliphatic heterocycles. The Morgan fingerprint density at radius 2 is 2.05 bits per heavy atom. The molecule has 1 aromatic carbocycles. The van der Waals surface area contributed by atoms with Gasteiger partial charge in [0.05, 0.1) is 11.2 Å². The minimum Gasteiger partial charge on any atom is -0.484 e. The number of hydrogen-bond donors (Lipinski definition) is 2. The highest BCUT2D eigenvalue weighted by Gasteiger charge is 2.29. The first-order chi connectivity index (χ1) is 9.96. The van der Waals surface area contributed by atoms with Gasteiger partial charge in [0.1, 0.15) is 5.75 Å². The van der Waals surface area contributed by atoms with Crippen LogP contribution < -0.4 is 16.0 Å². The van der Waals surface area contributed by atoms with Crippen LogP contribution in [0.2, 0.25) is 0 Å². The summed E-state index contributed by atoms with van der Waals surface area (Å²) in [5.74, 6) is 6.10. The van der Waals surface area contributed by atoms with E-state index < -0.39 is 12.8 Å². The van der Waals surface area contributed by atoms with Gasteiger partial charge in [-0.1, -0.05) is 0 Å². The van der Waals surface area contributed by atoms with Crippen molar-refractivity contribution in [2.24, 2.45) is 5.84 Å². The van der Waals surface area contributed by atoms with E-state index in [1.54, 1.807) is 6.07 Å². The number of fused-ring (bicyclic) bond motifs is 1. The van der Waals surface area contributed by atoms with Crippen LogP contribution in [-0.4, -0.2) is 17.8 Å². The summed E-state index contributed by atoms with van der Waals surface area (Å²) in [6.07, 6.45) is -2.15. The molecular weight excluding hydrogens is 283 g/mol. The van der Waals surface area contributed by atoms with Crippen LogP contribution in [0.15, 0.2) is 24.3 Å². The normalized spacial score (nSPS) is 15.2. The Bertz CT molecular complexity index is 668. The molecule has 0 spiro atoms. The van der Waals surface area contributed by atoms with E-state index in [4.69, 9.17) is 10.6 Å². The van der Waals surface area contributed by atoms with E-state index in [1.165, 1.54) is 12.1 Å². The molecule has 0 unspecified atom stereocenters. The van der Waals surface area contributed by atoms with E-state index in [0.717, 1.165) is 18.5 Å². The third-order valence-corrected chi connectivity index (χ3v) is 3.35. The Kier molecular flexibility index (Phi) is 3.36. The second-order valence-corrected chi connectivity index (χ2v) is 5.10. The fourth-order valence-electron chi connectivity index (χ4n) is 2.19. The number of aromatic nitrogens is 1. The van der Waals surface area contributed by atoms with Gasteiger partial charge in [0.15, 0.2) is 6.61 Å². The average Bonchev–Trinajstić information content (AvgIpc) is 3.27. The highest BCUT2D eigenvalue weighted by atomic mass is 19.4. The van der Waals surface area contributed by atoms with Crippen LogP contribution in [-0.2, 0) is 0 Å². The summed E-state index contributed by atoms with van der Waals surface area (Å²) in [5.41, 5.74) is 4.86. The zero-order valence-electron chi connectivity index (χ0n) is 11.1. The number of nitrogens with zero attached hydrogens (tertiary/aromatic N) is 1. The van der Waals surface area contributed by atoms with Crippen molar-refractivity contribution in [3.8, 4) is 5.75 Å². The molecule has 21 heavy (non-hydrogen) atoms. The van der Waals surface area contributed by atoms with Gasteiger partial charge in [0, 0.05) is 17.0 Å². The molecule has 0 saturated heterocycles. The Balaban J connectivity index is 1.94. The van der Waals surface area contributed by atoms with E-state index in [9.17, 15) is 13.2 Å². The maximum Gasteiger partial charge on any atom is 0.422 e. The molecule has 112 valence electrons. The van der Waals surface area contributed by atoms with Crippen LogP contribution in [0.25, 0.3) is 10.9 Å². The highest BCUT2D eigenvalue weighted by Crippen LogP contribution is 2.41. The van der Waals surface area contributed by atoms with Crippen LogP contribution in [0.4, 0.5) is 18.9 Å². The fraction of sp³-hybridized carbons (Fsp3) is 0.357. The maximum absolute atomic E-state index is 12.2. The van der Waals surface area contributed by atoms with Crippen molar-refractivity contribution in [1.29, 1.82) is 0 Å². The predicted octanol–water partition coefficient (Wildman–Crippen LogP) is 3.34. The molecule has 0 bridgehead atoms. The first-order valence-electron chi connectivity index (χ1n) is 6.57. The summed E-state index contributed by atoms with van der Waals surface area (Å²) in [4.78, 5) is 4.52. The van der Waals surface area contributed by atoms with Gasteiger partial charge in [-0.3, -0.25) is 10.8 Å². The summed E-state index contributed by atoms with van der Waals surface area (Å²) < 4.78 is 41.3. The molecular formula is C14H14F3N3O. The lowest BCUT2D eigenvalue weighted by Gasteiger charge is -2.12. The van der Waals surface area contributed by atoms with Gasteiger partial charge in [0.25, 0.3) is 0 Å². The zero-order chi connectivity index (χ0) is 15.0. The molecule has 0 radical (unpaired) electrons. The van der Waals surface area contributed by atoms with Gasteiger partial charge in [-0.2, -0.15) is 13.2 Å². The molecule has 1 heterocycles. The number of rotatable bonds is 4. The van der Waals surface area contributed by atoms with Crippen molar-refractivity contribution in [2.45, 2.75) is 24.9 Å². The summed E-state index contributed by atoms with van der Waals surface area (Å²) in [6, 6.07) is 6.49. The van der Waals surface area contributed by atoms with Crippen molar-refractivity contribution in [2.75, 3.05) is 12.0 Å². The number of pyridine rings is 1. The number of hydrazine groups is 1. The number of nitrogen functional groups attached to an aromatic ring is 1. The minimum absolute atomic E-state index is 0.136. The summed E-state index contributed by atoms with van der Waals surface area (Å²) in [7, 11) is 0. The van der Waals surface area contributed by atoms with Crippen LogP contribution >= 0.6 is 0 Å². The van der Waals surface area contributed by atoms with Gasteiger partial charge in [0.2, 0.25) is 0 Å². The molecule has 1 aromatic heterocycles. The lowest BCUT2D eigenvalue weighted by atomic mass is 10.1. The molecule has 3 rings (SSSR count). The van der Waals surface area contributed by atoms with Crippen LogP contribution in [0.3, 0.4) is 0 Å². The molecule has 0 amide bonds. The Morgan fingerprint density at radius 1 is 1.29 bits per heavy atom. The molecule has 1 aliphatic rings. The number of nitrogens with two attached hydrogens (primary N) is 1. The lowest BCUT2D eigenvalue weighted by molar-refractivity contribution is -0.153. The number of ether oxygens (including phenoxy) is 1. The largest absolute Gasteiger partial charge is 0.484 e. The van der Waals surface area contributed by atoms with Gasteiger partial charge in [-0.05, 0) is 37.1 Å². The van der Waals surface area contributed by atoms with Crippen molar-refractivity contribution in [3.05, 3.63) is 30.0 Å². The molecule has 4 nitrogen and oxygen atoms in total. The van der Waals surface area contributed by atoms with Gasteiger partial charge in [-0.25, -0.2) is 0 Å². The fourth-order valence-corrected chi connectivity index (χ4v) is 2.19. The Hall–Kier alpha value is -2.02. The van der Waals surface area contributed by atoms with Crippen LogP contribution in [0.1, 0.15) is 24.5 Å². The van der Waals surface area contributed by atoms with E-state index >= 15 is 0 Å². The number of anilines is 1. The molecule has 1 fully saturated rings. The standard InChI is InChI=1S/C14H14F3N3O/c15-14(16,17)7-21-9-3-4-11-10(5-9)13(20-18)6-12(19-11)8-1-2-8/h3-6,8H,1-2,7,18H2,(H,19,20). The minimum atomic E-state index is -4.36. The summed E-state index contributed by atoms with van der Waals surface area (Å²) >= 11 is 0. The van der Waals surface area contributed by atoms with Crippen LogP contribution in [0.5, 0.6) is 5.75 Å². The van der Waals surface area contributed by atoms with Gasteiger partial charge in [-0.15, -0.1) is 0 Å². The molecule has 1 saturated carbocycles. The quantitative estimate of drug-likeness (QED) is 0.671. The zero-order valence-corrected chi connectivity index (χ0v) is 11.1. The monoisotopic (exact) mass is 297 g/mol. The van der Waals surface area contributed by atoms with Crippen LogP contribution in [0, 0.1) is 0 Å². The highest BCUT2D eigenvalue weighted by molar-refractivity contribution is 5.92. The van der Waals surface area contributed by atoms with E-state index in [0.29, 0.717) is 22.5 Å². The summed E-state index contributed by atoms with van der Waals surface area (Å²) in [5, 5.41) is 0.640. The molecule has 2 aromatic rings. The Labute approximate surface area is 119 Å². The van der Waals surface area contributed by atoms with E-state index in [1.807, 2.05) is 6.07 Å². The van der Waals surface area contributed by atoms with Crippen molar-refractivity contribution in [3.63, 3.8) is 0 Å². The molecule has 0 atom stereocenters. The Morgan fingerprint density at radius 3 is 2.67 bits per heavy atom. The van der Waals surface area contributed by atoms with Crippen molar-refractivity contribution < 1.29 is 17.9 Å². The van der Waals surface area contributed by atoms with Crippen molar-refractivity contribution >= 4 is 16.6 Å². The lowest BCUT2D eigenvalue weighted by Crippen LogP contribution is -2.19. The first-order valence-corrected chi connectivity index (χ1v) is 6.57.